The predicted octanol–water partition coefficient (Wildman–Crippen LogP) is -1.26. The zero-order valence-corrected chi connectivity index (χ0v) is 7.59. The van der Waals surface area contributed by atoms with E-state index in [1.165, 1.54) is 0 Å². The van der Waals surface area contributed by atoms with Crippen molar-refractivity contribution in [1.29, 1.82) is 0 Å². The average Bonchev–Trinajstić information content (AvgIpc) is 2.78. The van der Waals surface area contributed by atoms with E-state index in [9.17, 15) is 10.2 Å². The molecule has 0 unspecified atom stereocenters. The number of aliphatic hydroxyl groups excluding tert-OH is 3. The quantitative estimate of drug-likeness (QED) is 0.410. The van der Waals surface area contributed by atoms with E-state index in [1.54, 1.807) is 6.20 Å². The van der Waals surface area contributed by atoms with Gasteiger partial charge in [0.05, 0.1) is 24.8 Å². The molecule has 1 aromatic rings. The fourth-order valence-corrected chi connectivity index (χ4v) is 1.84. The Labute approximate surface area is 81.4 Å². The van der Waals surface area contributed by atoms with E-state index in [1.807, 2.05) is 12.1 Å². The molecule has 1 saturated heterocycles. The SMILES string of the molecule is OC[C@H]1N[C@@H](c2ccc[nH]2)[C@H](O)[C@@H]1O. The molecular weight excluding hydrogens is 184 g/mol. The maximum absolute atomic E-state index is 9.69. The van der Waals surface area contributed by atoms with Gasteiger partial charge in [0, 0.05) is 11.9 Å². The smallest absolute Gasteiger partial charge is 0.102 e. The first-order valence-electron chi connectivity index (χ1n) is 4.60. The van der Waals surface area contributed by atoms with Gasteiger partial charge in [0.15, 0.2) is 0 Å². The van der Waals surface area contributed by atoms with Gasteiger partial charge in [-0.2, -0.15) is 0 Å². The topological polar surface area (TPSA) is 88.5 Å². The van der Waals surface area contributed by atoms with Gasteiger partial charge in [-0.05, 0) is 12.1 Å². The molecule has 1 aliphatic heterocycles. The lowest BCUT2D eigenvalue weighted by atomic mass is 10.1. The molecule has 0 amide bonds. The number of hydrogen-bond donors (Lipinski definition) is 5. The molecule has 0 bridgehead atoms. The summed E-state index contributed by atoms with van der Waals surface area (Å²) in [4.78, 5) is 2.96. The monoisotopic (exact) mass is 198 g/mol. The predicted molar refractivity (Wildman–Crippen MR) is 49.6 cm³/mol. The van der Waals surface area contributed by atoms with Crippen molar-refractivity contribution in [3.63, 3.8) is 0 Å². The van der Waals surface area contributed by atoms with Crippen molar-refractivity contribution in [2.45, 2.75) is 24.3 Å². The molecule has 4 atom stereocenters. The molecule has 5 heteroatoms. The summed E-state index contributed by atoms with van der Waals surface area (Å²) in [6.07, 6.45) is -0.0540. The van der Waals surface area contributed by atoms with Gasteiger partial charge in [0.25, 0.3) is 0 Å². The fraction of sp³-hybridized carbons (Fsp3) is 0.556. The van der Waals surface area contributed by atoms with Crippen LogP contribution in [-0.4, -0.2) is 45.2 Å². The first-order chi connectivity index (χ1) is 6.74. The molecule has 2 heterocycles. The van der Waals surface area contributed by atoms with E-state index in [2.05, 4.69) is 10.3 Å². The van der Waals surface area contributed by atoms with Crippen LogP contribution in [0.1, 0.15) is 11.7 Å². The highest BCUT2D eigenvalue weighted by molar-refractivity contribution is 5.15. The Morgan fingerprint density at radius 1 is 1.29 bits per heavy atom. The molecule has 0 aromatic carbocycles. The van der Waals surface area contributed by atoms with E-state index in [-0.39, 0.29) is 12.6 Å². The second-order valence-corrected chi connectivity index (χ2v) is 3.54. The van der Waals surface area contributed by atoms with Crippen LogP contribution < -0.4 is 5.32 Å². The Hall–Kier alpha value is -0.880. The first-order valence-corrected chi connectivity index (χ1v) is 4.60. The third-order valence-electron chi connectivity index (χ3n) is 2.65. The lowest BCUT2D eigenvalue weighted by molar-refractivity contribution is 0.0191. The number of rotatable bonds is 2. The van der Waals surface area contributed by atoms with E-state index >= 15 is 0 Å². The summed E-state index contributed by atoms with van der Waals surface area (Å²) in [5.41, 5.74) is 0.813. The fourth-order valence-electron chi connectivity index (χ4n) is 1.84. The zero-order valence-electron chi connectivity index (χ0n) is 7.59. The van der Waals surface area contributed by atoms with Crippen LogP contribution >= 0.6 is 0 Å². The van der Waals surface area contributed by atoms with Crippen molar-refractivity contribution in [3.05, 3.63) is 24.0 Å². The van der Waals surface area contributed by atoms with Gasteiger partial charge in [0.2, 0.25) is 0 Å². The van der Waals surface area contributed by atoms with Crippen LogP contribution in [0.5, 0.6) is 0 Å². The molecular formula is C9H14N2O3. The average molecular weight is 198 g/mol. The summed E-state index contributed by atoms with van der Waals surface area (Å²) in [5, 5.41) is 31.1. The van der Waals surface area contributed by atoms with E-state index < -0.39 is 18.2 Å². The lowest BCUT2D eigenvalue weighted by Crippen LogP contribution is -2.35. The van der Waals surface area contributed by atoms with Crippen molar-refractivity contribution in [3.8, 4) is 0 Å². The Morgan fingerprint density at radius 3 is 2.57 bits per heavy atom. The number of H-pyrrole nitrogens is 1. The molecule has 0 radical (unpaired) electrons. The third-order valence-corrected chi connectivity index (χ3v) is 2.65. The molecule has 1 aromatic heterocycles. The van der Waals surface area contributed by atoms with Crippen LogP contribution in [0.3, 0.4) is 0 Å². The van der Waals surface area contributed by atoms with Crippen LogP contribution in [0.4, 0.5) is 0 Å². The van der Waals surface area contributed by atoms with Crippen LogP contribution in [-0.2, 0) is 0 Å². The van der Waals surface area contributed by atoms with Crippen molar-refractivity contribution in [1.82, 2.24) is 10.3 Å². The highest BCUT2D eigenvalue weighted by Gasteiger charge is 2.41. The van der Waals surface area contributed by atoms with Crippen LogP contribution in [0.15, 0.2) is 18.3 Å². The van der Waals surface area contributed by atoms with Crippen LogP contribution in [0.2, 0.25) is 0 Å². The molecule has 5 nitrogen and oxygen atoms in total. The van der Waals surface area contributed by atoms with Gasteiger partial charge >= 0.3 is 0 Å². The highest BCUT2D eigenvalue weighted by atomic mass is 16.3. The van der Waals surface area contributed by atoms with Gasteiger partial charge in [-0.3, -0.25) is 5.32 Å². The number of nitrogens with one attached hydrogen (secondary N) is 2. The van der Waals surface area contributed by atoms with Crippen molar-refractivity contribution < 1.29 is 15.3 Å². The lowest BCUT2D eigenvalue weighted by Gasteiger charge is -2.13. The second kappa shape index (κ2) is 3.70. The molecule has 14 heavy (non-hydrogen) atoms. The number of aromatic amines is 1. The largest absolute Gasteiger partial charge is 0.395 e. The van der Waals surface area contributed by atoms with E-state index in [0.717, 1.165) is 5.69 Å². The van der Waals surface area contributed by atoms with Gasteiger partial charge in [0.1, 0.15) is 6.10 Å². The molecule has 78 valence electrons. The zero-order chi connectivity index (χ0) is 10.1. The maximum atomic E-state index is 9.69. The maximum Gasteiger partial charge on any atom is 0.102 e. The summed E-state index contributed by atoms with van der Waals surface area (Å²) in [7, 11) is 0. The first kappa shape index (κ1) is 9.67. The van der Waals surface area contributed by atoms with Gasteiger partial charge < -0.3 is 20.3 Å². The molecule has 1 aliphatic rings. The van der Waals surface area contributed by atoms with Gasteiger partial charge in [-0.15, -0.1) is 0 Å². The van der Waals surface area contributed by atoms with Crippen molar-refractivity contribution in [2.24, 2.45) is 0 Å². The molecule has 1 fully saturated rings. The van der Waals surface area contributed by atoms with E-state index in [4.69, 9.17) is 5.11 Å². The van der Waals surface area contributed by atoms with Crippen LogP contribution in [0, 0.1) is 0 Å². The Bertz CT molecular complexity index is 288. The van der Waals surface area contributed by atoms with Gasteiger partial charge in [-0.1, -0.05) is 0 Å². The highest BCUT2D eigenvalue weighted by Crippen LogP contribution is 2.26. The minimum absolute atomic E-state index is 0.185. The Kier molecular flexibility index (Phi) is 2.56. The Morgan fingerprint density at radius 2 is 2.07 bits per heavy atom. The number of aliphatic hydroxyl groups is 3. The van der Waals surface area contributed by atoms with Gasteiger partial charge in [-0.25, -0.2) is 0 Å². The summed E-state index contributed by atoms with van der Waals surface area (Å²) >= 11 is 0. The third kappa shape index (κ3) is 1.44. The van der Waals surface area contributed by atoms with E-state index in [0.29, 0.717) is 0 Å². The normalized spacial score (nSPS) is 37.6. The summed E-state index contributed by atoms with van der Waals surface area (Å²) < 4.78 is 0. The molecule has 0 saturated carbocycles. The standard InChI is InChI=1S/C9H14N2O3/c12-4-6-8(13)9(14)7(11-6)5-2-1-3-10-5/h1-3,6-14H,4H2/t6-,7+,8-,9+/m1/s1. The van der Waals surface area contributed by atoms with Crippen molar-refractivity contribution in [2.75, 3.05) is 6.61 Å². The second-order valence-electron chi connectivity index (χ2n) is 3.54. The minimum atomic E-state index is -0.923. The van der Waals surface area contributed by atoms with Crippen molar-refractivity contribution >= 4 is 0 Å². The number of hydrogen-bond acceptors (Lipinski definition) is 4. The Balaban J connectivity index is 2.16. The molecule has 2 rings (SSSR count). The number of aromatic nitrogens is 1. The summed E-state index contributed by atoms with van der Waals surface area (Å²) in [5.74, 6) is 0. The van der Waals surface area contributed by atoms with Crippen LogP contribution in [0.25, 0.3) is 0 Å². The summed E-state index contributed by atoms with van der Waals surface area (Å²) in [6, 6.07) is 2.85. The molecule has 5 N–H and O–H groups in total. The summed E-state index contributed by atoms with van der Waals surface area (Å²) in [6.45, 7) is -0.185. The minimum Gasteiger partial charge on any atom is -0.395 e. The molecule has 0 spiro atoms. The molecule has 0 aliphatic carbocycles.